The molecule has 1 aromatic heterocycles. The first-order valence-electron chi connectivity index (χ1n) is 6.45. The average molecular weight is 283 g/mol. The van der Waals surface area contributed by atoms with Gasteiger partial charge in [0, 0.05) is 14.7 Å². The summed E-state index contributed by atoms with van der Waals surface area (Å²) in [4.78, 5) is 16.5. The summed E-state index contributed by atoms with van der Waals surface area (Å²) >= 11 is 0. The minimum atomic E-state index is -1.06. The average Bonchev–Trinajstić information content (AvgIpc) is 2.83. The van der Waals surface area contributed by atoms with Gasteiger partial charge in [-0.2, -0.15) is 0 Å². The molecule has 0 unspecified atom stereocenters. The van der Waals surface area contributed by atoms with E-state index < -0.39 is 14.2 Å². The van der Waals surface area contributed by atoms with Gasteiger partial charge in [0.25, 0.3) is 0 Å². The van der Waals surface area contributed by atoms with Crippen molar-refractivity contribution in [2.24, 2.45) is 0 Å². The number of ether oxygens (including phenoxy) is 1. The topological polar surface area (TPSA) is 67.6 Å². The number of aromatic nitrogens is 2. The molecule has 106 valence electrons. The van der Waals surface area contributed by atoms with Crippen LogP contribution in [-0.4, -0.2) is 40.3 Å². The molecule has 1 N–H and O–H groups in total. The standard InChI is InChI=1S/C12H21N3O3Si/c1-19(2,3)5-4-18-9-15-8-13-10-6-14(12(16)17)7-11(10)15/h8H,4-7,9H2,1-3H3,(H,16,17). The van der Waals surface area contributed by atoms with Crippen LogP contribution in [0.2, 0.25) is 25.7 Å². The van der Waals surface area contributed by atoms with E-state index in [-0.39, 0.29) is 0 Å². The normalized spacial score (nSPS) is 14.8. The Morgan fingerprint density at radius 1 is 1.47 bits per heavy atom. The van der Waals surface area contributed by atoms with Crippen LogP contribution in [0.4, 0.5) is 4.79 Å². The lowest BCUT2D eigenvalue weighted by atomic mass is 10.4. The van der Waals surface area contributed by atoms with Crippen LogP contribution in [0.15, 0.2) is 6.33 Å². The molecule has 1 amide bonds. The Kier molecular flexibility index (Phi) is 3.95. The Hall–Kier alpha value is -1.34. The van der Waals surface area contributed by atoms with Crippen LogP contribution in [0, 0.1) is 0 Å². The Balaban J connectivity index is 1.86. The first-order chi connectivity index (χ1) is 8.87. The molecule has 1 aromatic rings. The highest BCUT2D eigenvalue weighted by molar-refractivity contribution is 6.76. The van der Waals surface area contributed by atoms with Crippen LogP contribution in [0.25, 0.3) is 0 Å². The zero-order valence-corrected chi connectivity index (χ0v) is 12.7. The van der Waals surface area contributed by atoms with Gasteiger partial charge >= 0.3 is 6.09 Å². The van der Waals surface area contributed by atoms with Crippen LogP contribution in [0.5, 0.6) is 0 Å². The van der Waals surface area contributed by atoms with Crippen LogP contribution >= 0.6 is 0 Å². The molecule has 0 aromatic carbocycles. The Morgan fingerprint density at radius 2 is 2.21 bits per heavy atom. The molecule has 2 rings (SSSR count). The van der Waals surface area contributed by atoms with Gasteiger partial charge in [-0.15, -0.1) is 0 Å². The quantitative estimate of drug-likeness (QED) is 0.664. The van der Waals surface area contributed by atoms with E-state index in [0.29, 0.717) is 19.8 Å². The summed E-state index contributed by atoms with van der Waals surface area (Å²) < 4.78 is 7.57. The van der Waals surface area contributed by atoms with E-state index in [2.05, 4.69) is 24.6 Å². The fourth-order valence-electron chi connectivity index (χ4n) is 1.97. The van der Waals surface area contributed by atoms with E-state index in [0.717, 1.165) is 24.0 Å². The summed E-state index contributed by atoms with van der Waals surface area (Å²) in [5.41, 5.74) is 1.80. The fraction of sp³-hybridized carbons (Fsp3) is 0.667. The van der Waals surface area contributed by atoms with E-state index in [1.165, 1.54) is 4.90 Å². The molecule has 0 atom stereocenters. The number of hydrogen-bond donors (Lipinski definition) is 1. The maximum atomic E-state index is 10.9. The van der Waals surface area contributed by atoms with Crippen molar-refractivity contribution in [1.82, 2.24) is 14.5 Å². The second-order valence-corrected chi connectivity index (χ2v) is 11.7. The van der Waals surface area contributed by atoms with Gasteiger partial charge in [0.05, 0.1) is 30.8 Å². The van der Waals surface area contributed by atoms with Crippen molar-refractivity contribution in [3.8, 4) is 0 Å². The molecule has 2 heterocycles. The number of nitrogens with zero attached hydrogens (tertiary/aromatic N) is 3. The van der Waals surface area contributed by atoms with E-state index >= 15 is 0 Å². The van der Waals surface area contributed by atoms with Crippen LogP contribution < -0.4 is 0 Å². The Labute approximate surface area is 114 Å². The lowest BCUT2D eigenvalue weighted by molar-refractivity contribution is 0.0838. The zero-order chi connectivity index (χ0) is 14.0. The molecule has 0 spiro atoms. The van der Waals surface area contributed by atoms with Crippen LogP contribution in [-0.2, 0) is 24.6 Å². The first kappa shape index (κ1) is 14.1. The van der Waals surface area contributed by atoms with Crippen molar-refractivity contribution < 1.29 is 14.6 Å². The van der Waals surface area contributed by atoms with Crippen LogP contribution in [0.3, 0.4) is 0 Å². The third kappa shape index (κ3) is 3.57. The summed E-state index contributed by atoms with van der Waals surface area (Å²) in [6.45, 7) is 8.95. The molecule has 19 heavy (non-hydrogen) atoms. The summed E-state index contributed by atoms with van der Waals surface area (Å²) in [6.07, 6.45) is 0.836. The van der Waals surface area contributed by atoms with Crippen molar-refractivity contribution in [2.45, 2.75) is 45.5 Å². The highest BCUT2D eigenvalue weighted by Gasteiger charge is 2.27. The molecule has 7 heteroatoms. The molecule has 0 fully saturated rings. The molecule has 0 aliphatic carbocycles. The number of carboxylic acid groups (broad SMARTS) is 1. The second kappa shape index (κ2) is 5.34. The molecule has 1 aliphatic rings. The lowest BCUT2D eigenvalue weighted by Gasteiger charge is -2.16. The molecule has 0 bridgehead atoms. The smallest absolute Gasteiger partial charge is 0.408 e. The first-order valence-corrected chi connectivity index (χ1v) is 10.2. The predicted molar refractivity (Wildman–Crippen MR) is 73.6 cm³/mol. The van der Waals surface area contributed by atoms with E-state index in [1.807, 2.05) is 4.57 Å². The zero-order valence-electron chi connectivity index (χ0n) is 11.7. The van der Waals surface area contributed by atoms with Gasteiger partial charge in [-0.05, 0) is 6.04 Å². The highest BCUT2D eigenvalue weighted by Crippen LogP contribution is 2.21. The molecule has 1 aliphatic heterocycles. The van der Waals surface area contributed by atoms with Crippen LogP contribution in [0.1, 0.15) is 11.4 Å². The van der Waals surface area contributed by atoms with Crippen molar-refractivity contribution in [3.63, 3.8) is 0 Å². The van der Waals surface area contributed by atoms with E-state index in [4.69, 9.17) is 9.84 Å². The number of rotatable bonds is 5. The Morgan fingerprint density at radius 3 is 2.84 bits per heavy atom. The molecule has 0 radical (unpaired) electrons. The number of carbonyl (C=O) groups is 1. The molecular formula is C12H21N3O3Si. The van der Waals surface area contributed by atoms with Gasteiger partial charge in [0.2, 0.25) is 0 Å². The van der Waals surface area contributed by atoms with Gasteiger partial charge in [-0.1, -0.05) is 19.6 Å². The van der Waals surface area contributed by atoms with E-state index in [1.54, 1.807) is 6.33 Å². The molecule has 0 saturated carbocycles. The fourth-order valence-corrected chi connectivity index (χ4v) is 2.73. The van der Waals surface area contributed by atoms with Crippen molar-refractivity contribution in [1.29, 1.82) is 0 Å². The summed E-state index contributed by atoms with van der Waals surface area (Å²) in [5, 5.41) is 8.96. The Bertz CT molecular complexity index is 467. The number of amides is 1. The molecule has 6 nitrogen and oxygen atoms in total. The van der Waals surface area contributed by atoms with Gasteiger partial charge in [0.15, 0.2) is 0 Å². The lowest BCUT2D eigenvalue weighted by Crippen LogP contribution is -2.24. The molecule has 0 saturated heterocycles. The second-order valence-electron chi connectivity index (χ2n) is 6.09. The minimum absolute atomic E-state index is 0.382. The summed E-state index contributed by atoms with van der Waals surface area (Å²) in [6, 6.07) is 1.13. The van der Waals surface area contributed by atoms with Gasteiger partial charge in [-0.3, -0.25) is 4.90 Å². The maximum absolute atomic E-state index is 10.9. The van der Waals surface area contributed by atoms with Gasteiger partial charge < -0.3 is 14.4 Å². The third-order valence-electron chi connectivity index (χ3n) is 3.21. The maximum Gasteiger partial charge on any atom is 0.408 e. The summed E-state index contributed by atoms with van der Waals surface area (Å²) in [5.74, 6) is 0. The number of hydrogen-bond acceptors (Lipinski definition) is 3. The largest absolute Gasteiger partial charge is 0.465 e. The van der Waals surface area contributed by atoms with Crippen molar-refractivity contribution >= 4 is 14.2 Å². The van der Waals surface area contributed by atoms with E-state index in [9.17, 15) is 4.79 Å². The minimum Gasteiger partial charge on any atom is -0.465 e. The monoisotopic (exact) mass is 283 g/mol. The van der Waals surface area contributed by atoms with Gasteiger partial charge in [-0.25, -0.2) is 9.78 Å². The highest BCUT2D eigenvalue weighted by atomic mass is 28.3. The summed E-state index contributed by atoms with van der Waals surface area (Å²) in [7, 11) is -1.06. The molecular weight excluding hydrogens is 262 g/mol. The number of fused-ring (bicyclic) bond motifs is 1. The predicted octanol–water partition coefficient (Wildman–Crippen LogP) is 2.19. The van der Waals surface area contributed by atoms with Crippen molar-refractivity contribution in [2.75, 3.05) is 6.61 Å². The third-order valence-corrected chi connectivity index (χ3v) is 4.92. The number of imidazole rings is 1. The SMILES string of the molecule is C[Si](C)(C)CCOCn1cnc2c1CN(C(=O)O)C2. The van der Waals surface area contributed by atoms with Gasteiger partial charge in [0.1, 0.15) is 6.73 Å². The van der Waals surface area contributed by atoms with Crippen molar-refractivity contribution in [3.05, 3.63) is 17.7 Å².